The van der Waals surface area contributed by atoms with Gasteiger partial charge in [-0.15, -0.1) is 0 Å². The molecule has 9 heteroatoms. The highest BCUT2D eigenvalue weighted by Gasteiger charge is 2.24. The van der Waals surface area contributed by atoms with Crippen molar-refractivity contribution in [3.05, 3.63) is 0 Å². The Morgan fingerprint density at radius 1 is 0.774 bits per heavy atom. The number of phosphoric acid groups is 1. The third-order valence-electron chi connectivity index (χ3n) is 4.85. The average molecular weight is 467 g/mol. The van der Waals surface area contributed by atoms with Crippen molar-refractivity contribution in [2.45, 2.75) is 110 Å². The summed E-state index contributed by atoms with van der Waals surface area (Å²) in [5.41, 5.74) is 0. The summed E-state index contributed by atoms with van der Waals surface area (Å²) in [5.74, 6) is -0.827. The fourth-order valence-electron chi connectivity index (χ4n) is 2.95. The van der Waals surface area contributed by atoms with Crippen molar-refractivity contribution in [3.8, 4) is 0 Å². The lowest BCUT2D eigenvalue weighted by atomic mass is 10.1. The Kier molecular flexibility index (Phi) is 19.1. The van der Waals surface area contributed by atoms with Gasteiger partial charge in [-0.3, -0.25) is 18.6 Å². The van der Waals surface area contributed by atoms with Gasteiger partial charge in [0.1, 0.15) is 6.61 Å². The molecule has 0 spiro atoms. The fourth-order valence-corrected chi connectivity index (χ4v) is 3.41. The van der Waals surface area contributed by atoms with Crippen LogP contribution >= 0.6 is 7.82 Å². The molecule has 0 rings (SSSR count). The Morgan fingerprint density at radius 3 is 1.77 bits per heavy atom. The molecule has 0 heterocycles. The first kappa shape index (κ1) is 30.0. The van der Waals surface area contributed by atoms with Gasteiger partial charge in [0, 0.05) is 20.0 Å². The largest absolute Gasteiger partial charge is 0.472 e. The molecule has 0 aromatic heterocycles. The SMILES string of the molecule is CCCCCCCCCC(=O)OC[C@@H](COP(=O)(O)OC)OC(=O)CCCCCCC. The van der Waals surface area contributed by atoms with Crippen molar-refractivity contribution in [2.24, 2.45) is 0 Å². The van der Waals surface area contributed by atoms with Gasteiger partial charge in [-0.2, -0.15) is 0 Å². The standard InChI is InChI=1S/C22H43O8P/c1-4-6-8-10-11-13-14-16-21(23)28-18-20(19-29-31(25,26)27-3)30-22(24)17-15-12-9-7-5-2/h20H,4-19H2,1-3H3,(H,25,26)/t20-/m0/s1. The molecule has 8 nitrogen and oxygen atoms in total. The van der Waals surface area contributed by atoms with E-state index in [4.69, 9.17) is 14.0 Å². The van der Waals surface area contributed by atoms with Crippen LogP contribution in [0.2, 0.25) is 0 Å². The lowest BCUT2D eigenvalue weighted by Gasteiger charge is -2.19. The van der Waals surface area contributed by atoms with Gasteiger partial charge in [0.2, 0.25) is 0 Å². The summed E-state index contributed by atoms with van der Waals surface area (Å²) in [7, 11) is -3.18. The van der Waals surface area contributed by atoms with Crippen molar-refractivity contribution in [3.63, 3.8) is 0 Å². The van der Waals surface area contributed by atoms with E-state index in [1.807, 2.05) is 0 Å². The Balaban J connectivity index is 4.29. The van der Waals surface area contributed by atoms with Gasteiger partial charge in [0.25, 0.3) is 0 Å². The molecule has 0 aliphatic heterocycles. The molecule has 0 aromatic rings. The maximum atomic E-state index is 12.1. The molecule has 0 saturated heterocycles. The maximum Gasteiger partial charge on any atom is 0.472 e. The molecule has 0 fully saturated rings. The van der Waals surface area contributed by atoms with Crippen LogP contribution < -0.4 is 0 Å². The van der Waals surface area contributed by atoms with Crippen molar-refractivity contribution >= 4 is 19.8 Å². The summed E-state index contributed by atoms with van der Waals surface area (Å²) in [4.78, 5) is 33.4. The van der Waals surface area contributed by atoms with Crippen molar-refractivity contribution in [1.82, 2.24) is 0 Å². The first-order valence-electron chi connectivity index (χ1n) is 11.7. The maximum absolute atomic E-state index is 12.1. The van der Waals surface area contributed by atoms with Crippen LogP contribution in [0.1, 0.15) is 104 Å². The van der Waals surface area contributed by atoms with Gasteiger partial charge in [-0.25, -0.2) is 4.57 Å². The number of carbonyl (C=O) groups is 2. The van der Waals surface area contributed by atoms with Gasteiger partial charge >= 0.3 is 19.8 Å². The molecule has 0 saturated carbocycles. The van der Waals surface area contributed by atoms with Crippen molar-refractivity contribution < 1.29 is 37.6 Å². The minimum absolute atomic E-state index is 0.222. The van der Waals surface area contributed by atoms with Crippen molar-refractivity contribution in [2.75, 3.05) is 20.3 Å². The lowest BCUT2D eigenvalue weighted by Crippen LogP contribution is -2.29. The van der Waals surface area contributed by atoms with E-state index >= 15 is 0 Å². The zero-order chi connectivity index (χ0) is 23.4. The zero-order valence-corrected chi connectivity index (χ0v) is 20.5. The van der Waals surface area contributed by atoms with E-state index in [0.29, 0.717) is 12.8 Å². The predicted octanol–water partition coefficient (Wildman–Crippen LogP) is 5.71. The van der Waals surface area contributed by atoms with Crippen LogP contribution in [0.5, 0.6) is 0 Å². The molecule has 2 atom stereocenters. The monoisotopic (exact) mass is 466 g/mol. The molecule has 31 heavy (non-hydrogen) atoms. The number of ether oxygens (including phenoxy) is 2. The van der Waals surface area contributed by atoms with E-state index in [1.54, 1.807) is 0 Å². The fraction of sp³-hybridized carbons (Fsp3) is 0.909. The second-order valence-corrected chi connectivity index (χ2v) is 9.34. The second kappa shape index (κ2) is 19.7. The molecular weight excluding hydrogens is 423 g/mol. The number of esters is 2. The second-order valence-electron chi connectivity index (χ2n) is 7.78. The number of phosphoric ester groups is 1. The van der Waals surface area contributed by atoms with E-state index in [2.05, 4.69) is 18.4 Å². The summed E-state index contributed by atoms with van der Waals surface area (Å²) in [6.45, 7) is 3.68. The molecule has 0 aliphatic rings. The summed E-state index contributed by atoms with van der Waals surface area (Å²) in [6.07, 6.45) is 12.2. The quantitative estimate of drug-likeness (QED) is 0.130. The topological polar surface area (TPSA) is 108 Å². The van der Waals surface area contributed by atoms with Crippen LogP contribution in [-0.4, -0.2) is 43.3 Å². The molecule has 0 aromatic carbocycles. The Labute approximate surface area is 188 Å². The third kappa shape index (κ3) is 19.5. The normalized spacial score (nSPS) is 14.1. The molecule has 0 amide bonds. The summed E-state index contributed by atoms with van der Waals surface area (Å²) < 4.78 is 31.2. The predicted molar refractivity (Wildman–Crippen MR) is 120 cm³/mol. The zero-order valence-electron chi connectivity index (χ0n) is 19.6. The summed E-state index contributed by atoms with van der Waals surface area (Å²) in [5, 5.41) is 0. The summed E-state index contributed by atoms with van der Waals surface area (Å²) >= 11 is 0. The van der Waals surface area contributed by atoms with E-state index < -0.39 is 26.5 Å². The number of unbranched alkanes of at least 4 members (excludes halogenated alkanes) is 10. The summed E-state index contributed by atoms with van der Waals surface area (Å²) in [6, 6.07) is 0. The number of carbonyl (C=O) groups excluding carboxylic acids is 2. The van der Waals surface area contributed by atoms with Gasteiger partial charge < -0.3 is 14.4 Å². The smallest absolute Gasteiger partial charge is 0.462 e. The van der Waals surface area contributed by atoms with E-state index in [1.165, 1.54) is 25.7 Å². The highest BCUT2D eigenvalue weighted by Crippen LogP contribution is 2.42. The Bertz CT molecular complexity index is 512. The van der Waals surface area contributed by atoms with E-state index in [-0.39, 0.29) is 19.0 Å². The van der Waals surface area contributed by atoms with E-state index in [0.717, 1.165) is 52.1 Å². The van der Waals surface area contributed by atoms with Crippen molar-refractivity contribution in [1.29, 1.82) is 0 Å². The average Bonchev–Trinajstić information content (AvgIpc) is 2.74. The van der Waals surface area contributed by atoms with Gasteiger partial charge in [0.05, 0.1) is 6.61 Å². The molecule has 0 radical (unpaired) electrons. The van der Waals surface area contributed by atoms with Gasteiger partial charge in [0.15, 0.2) is 6.10 Å². The van der Waals surface area contributed by atoms with Crippen LogP contribution in [0.4, 0.5) is 0 Å². The van der Waals surface area contributed by atoms with E-state index in [9.17, 15) is 19.0 Å². The first-order valence-corrected chi connectivity index (χ1v) is 13.2. The highest BCUT2D eigenvalue weighted by molar-refractivity contribution is 7.47. The Morgan fingerprint density at radius 2 is 1.26 bits per heavy atom. The Hall–Kier alpha value is -0.950. The number of hydrogen-bond donors (Lipinski definition) is 1. The van der Waals surface area contributed by atoms with Crippen LogP contribution in [0.15, 0.2) is 0 Å². The molecule has 1 N–H and O–H groups in total. The lowest BCUT2D eigenvalue weighted by molar-refractivity contribution is -0.161. The van der Waals surface area contributed by atoms with Gasteiger partial charge in [-0.05, 0) is 12.8 Å². The minimum atomic E-state index is -4.22. The molecule has 184 valence electrons. The van der Waals surface area contributed by atoms with Crippen LogP contribution in [0.25, 0.3) is 0 Å². The third-order valence-corrected chi connectivity index (χ3v) is 5.79. The highest BCUT2D eigenvalue weighted by atomic mass is 31.2. The number of rotatable bonds is 21. The molecule has 1 unspecified atom stereocenters. The molecular formula is C22H43O8P. The molecule has 0 bridgehead atoms. The van der Waals surface area contributed by atoms with Gasteiger partial charge in [-0.1, -0.05) is 78.1 Å². The number of hydrogen-bond acceptors (Lipinski definition) is 7. The van der Waals surface area contributed by atoms with Crippen LogP contribution in [0, 0.1) is 0 Å². The van der Waals surface area contributed by atoms with Crippen LogP contribution in [-0.2, 0) is 32.7 Å². The minimum Gasteiger partial charge on any atom is -0.462 e. The molecule has 0 aliphatic carbocycles. The van der Waals surface area contributed by atoms with Crippen LogP contribution in [0.3, 0.4) is 0 Å². The first-order chi connectivity index (χ1) is 14.8.